The van der Waals surface area contributed by atoms with Crippen LogP contribution in [-0.4, -0.2) is 39.5 Å². The molecule has 0 spiro atoms. The number of benzene rings is 2. The third-order valence-electron chi connectivity index (χ3n) is 6.01. The minimum Gasteiger partial charge on any atom is -0.481 e. The summed E-state index contributed by atoms with van der Waals surface area (Å²) in [5.41, 5.74) is 1.48. The quantitative estimate of drug-likeness (QED) is 0.295. The number of rotatable bonds is 11. The molecule has 3 rings (SSSR count). The number of carboxylic acid groups (broad SMARTS) is 1. The Labute approximate surface area is 231 Å². The summed E-state index contributed by atoms with van der Waals surface area (Å²) in [6.07, 6.45) is 1.25. The minimum absolute atomic E-state index is 0.147. The van der Waals surface area contributed by atoms with Crippen LogP contribution in [0, 0.1) is 11.3 Å². The van der Waals surface area contributed by atoms with E-state index in [-0.39, 0.29) is 23.7 Å². The molecule has 9 nitrogen and oxygen atoms in total. The number of hydrogen-bond donors (Lipinski definition) is 3. The summed E-state index contributed by atoms with van der Waals surface area (Å²) in [4.78, 5) is 39.7. The van der Waals surface area contributed by atoms with E-state index < -0.39 is 23.9 Å². The third kappa shape index (κ3) is 8.55. The molecule has 3 aromatic rings. The van der Waals surface area contributed by atoms with E-state index in [0.29, 0.717) is 22.7 Å². The van der Waals surface area contributed by atoms with E-state index in [0.717, 1.165) is 11.1 Å². The van der Waals surface area contributed by atoms with E-state index in [1.165, 1.54) is 18.3 Å². The number of carboxylic acids is 1. The Balaban J connectivity index is 1.72. The van der Waals surface area contributed by atoms with Crippen molar-refractivity contribution in [1.82, 2.24) is 10.3 Å². The van der Waals surface area contributed by atoms with E-state index >= 15 is 0 Å². The minimum atomic E-state index is -1.30. The van der Waals surface area contributed by atoms with Crippen LogP contribution in [0.25, 0.3) is 0 Å². The second-order valence-corrected chi connectivity index (χ2v) is 9.99. The molecule has 2 amide bonds. The number of carbonyl (C=O) groups excluding carboxylic acids is 2. The molecule has 0 bridgehead atoms. The predicted molar refractivity (Wildman–Crippen MR) is 146 cm³/mol. The number of hydrogen-bond acceptors (Lipinski definition) is 6. The SMILES string of the molecule is CC(NC(=O)C(C)(C)Oc1ccc(NC(=O)CC(=O)O)cn1)C(Cc1ccc(Cl)cc1)c1cccc(C#N)c1. The number of nitrogens with zero attached hydrogens (tertiary/aromatic N) is 2. The van der Waals surface area contributed by atoms with E-state index in [2.05, 4.69) is 21.7 Å². The zero-order valence-corrected chi connectivity index (χ0v) is 22.5. The van der Waals surface area contributed by atoms with Crippen LogP contribution in [0.5, 0.6) is 5.88 Å². The van der Waals surface area contributed by atoms with Gasteiger partial charge in [-0.15, -0.1) is 0 Å². The lowest BCUT2D eigenvalue weighted by molar-refractivity contribution is -0.139. The fourth-order valence-corrected chi connectivity index (χ4v) is 4.07. The third-order valence-corrected chi connectivity index (χ3v) is 6.27. The maximum absolute atomic E-state index is 13.3. The molecule has 0 aliphatic carbocycles. The van der Waals surface area contributed by atoms with Crippen molar-refractivity contribution in [2.45, 2.75) is 51.2 Å². The number of halogens is 1. The molecular weight excluding hydrogens is 520 g/mol. The first-order chi connectivity index (χ1) is 18.5. The van der Waals surface area contributed by atoms with Gasteiger partial charge in [0.15, 0.2) is 5.60 Å². The normalized spacial score (nSPS) is 12.5. The van der Waals surface area contributed by atoms with Gasteiger partial charge in [-0.3, -0.25) is 14.4 Å². The van der Waals surface area contributed by atoms with Gasteiger partial charge in [-0.05, 0) is 68.7 Å². The number of anilines is 1. The summed E-state index contributed by atoms with van der Waals surface area (Å²) < 4.78 is 5.85. The number of pyridine rings is 1. The maximum Gasteiger partial charge on any atom is 0.312 e. The maximum atomic E-state index is 13.3. The van der Waals surface area contributed by atoms with Crippen molar-refractivity contribution >= 4 is 35.1 Å². The number of aromatic nitrogens is 1. The summed E-state index contributed by atoms with van der Waals surface area (Å²) in [5, 5.41) is 24.2. The molecule has 3 N–H and O–H groups in total. The van der Waals surface area contributed by atoms with E-state index in [1.807, 2.05) is 49.4 Å². The van der Waals surface area contributed by atoms with E-state index in [1.54, 1.807) is 19.9 Å². The van der Waals surface area contributed by atoms with Crippen molar-refractivity contribution in [3.05, 3.63) is 88.6 Å². The molecule has 2 aromatic carbocycles. The van der Waals surface area contributed by atoms with Gasteiger partial charge < -0.3 is 20.5 Å². The molecule has 0 saturated heterocycles. The van der Waals surface area contributed by atoms with Crippen LogP contribution < -0.4 is 15.4 Å². The molecule has 0 fully saturated rings. The van der Waals surface area contributed by atoms with Gasteiger partial charge in [0.25, 0.3) is 5.91 Å². The summed E-state index contributed by atoms with van der Waals surface area (Å²) in [7, 11) is 0. The average Bonchev–Trinajstić information content (AvgIpc) is 2.88. The molecule has 39 heavy (non-hydrogen) atoms. The van der Waals surface area contributed by atoms with Crippen LogP contribution >= 0.6 is 11.6 Å². The first-order valence-corrected chi connectivity index (χ1v) is 12.6. The van der Waals surface area contributed by atoms with Gasteiger partial charge in [-0.2, -0.15) is 5.26 Å². The summed E-state index contributed by atoms with van der Waals surface area (Å²) in [6, 6.07) is 19.6. The number of carbonyl (C=O) groups is 3. The van der Waals surface area contributed by atoms with Gasteiger partial charge in [-0.1, -0.05) is 35.9 Å². The molecule has 202 valence electrons. The Kier molecular flexibility index (Phi) is 9.63. The van der Waals surface area contributed by atoms with Crippen molar-refractivity contribution in [1.29, 1.82) is 5.26 Å². The zero-order chi connectivity index (χ0) is 28.6. The highest BCUT2D eigenvalue weighted by Crippen LogP contribution is 2.27. The van der Waals surface area contributed by atoms with Crippen LogP contribution in [0.1, 0.15) is 49.8 Å². The standard InChI is InChI=1S/C29H29ClN4O5/c1-18(24(14-19-7-9-22(30)10-8-19)21-6-4-5-20(13-21)16-31)33-28(38)29(2,3)39-26-12-11-23(17-32-26)34-25(35)15-27(36)37/h4-13,17-18,24H,14-15H2,1-3H3,(H,33,38)(H,34,35)(H,36,37). The Morgan fingerprint density at radius 1 is 1.13 bits per heavy atom. The fourth-order valence-electron chi connectivity index (χ4n) is 3.94. The number of amides is 2. The molecule has 2 unspecified atom stereocenters. The van der Waals surface area contributed by atoms with Crippen LogP contribution in [0.15, 0.2) is 66.9 Å². The van der Waals surface area contributed by atoms with Crippen molar-refractivity contribution in [3.63, 3.8) is 0 Å². The number of nitriles is 1. The lowest BCUT2D eigenvalue weighted by atomic mass is 9.85. The lowest BCUT2D eigenvalue weighted by Gasteiger charge is -2.30. The number of nitrogens with one attached hydrogen (secondary N) is 2. The molecule has 1 aromatic heterocycles. The second kappa shape index (κ2) is 12.9. The van der Waals surface area contributed by atoms with Crippen LogP contribution in [0.4, 0.5) is 5.69 Å². The Morgan fingerprint density at radius 3 is 2.46 bits per heavy atom. The highest BCUT2D eigenvalue weighted by molar-refractivity contribution is 6.30. The first-order valence-electron chi connectivity index (χ1n) is 12.2. The van der Waals surface area contributed by atoms with Gasteiger partial charge in [0, 0.05) is 23.0 Å². The summed E-state index contributed by atoms with van der Waals surface area (Å²) in [6.45, 7) is 5.13. The molecule has 1 heterocycles. The van der Waals surface area contributed by atoms with Crippen molar-refractivity contribution in [2.24, 2.45) is 0 Å². The van der Waals surface area contributed by atoms with Crippen LogP contribution in [0.2, 0.25) is 5.02 Å². The molecule has 0 aliphatic rings. The molecule has 0 aliphatic heterocycles. The number of aliphatic carboxylic acids is 1. The van der Waals surface area contributed by atoms with Crippen LogP contribution in [-0.2, 0) is 20.8 Å². The van der Waals surface area contributed by atoms with E-state index in [4.69, 9.17) is 21.4 Å². The van der Waals surface area contributed by atoms with Crippen molar-refractivity contribution in [2.75, 3.05) is 5.32 Å². The van der Waals surface area contributed by atoms with Crippen molar-refractivity contribution in [3.8, 4) is 11.9 Å². The summed E-state index contributed by atoms with van der Waals surface area (Å²) in [5.74, 6) is -2.28. The molecule has 2 atom stereocenters. The smallest absolute Gasteiger partial charge is 0.312 e. The monoisotopic (exact) mass is 548 g/mol. The molecule has 10 heteroatoms. The molecule has 0 saturated carbocycles. The number of ether oxygens (including phenoxy) is 1. The Morgan fingerprint density at radius 2 is 1.85 bits per heavy atom. The largest absolute Gasteiger partial charge is 0.481 e. The van der Waals surface area contributed by atoms with Gasteiger partial charge in [-0.25, -0.2) is 4.98 Å². The molecular formula is C29H29ClN4O5. The van der Waals surface area contributed by atoms with Gasteiger partial charge in [0.05, 0.1) is 23.5 Å². The predicted octanol–water partition coefficient (Wildman–Crippen LogP) is 4.71. The highest BCUT2D eigenvalue weighted by Gasteiger charge is 2.33. The Bertz CT molecular complexity index is 1370. The van der Waals surface area contributed by atoms with Gasteiger partial charge >= 0.3 is 5.97 Å². The Hall–Kier alpha value is -4.42. The average molecular weight is 549 g/mol. The lowest BCUT2D eigenvalue weighted by Crippen LogP contribution is -2.51. The zero-order valence-electron chi connectivity index (χ0n) is 21.8. The van der Waals surface area contributed by atoms with Crippen LogP contribution in [0.3, 0.4) is 0 Å². The fraction of sp³-hybridized carbons (Fsp3) is 0.276. The van der Waals surface area contributed by atoms with Gasteiger partial charge in [0.2, 0.25) is 11.8 Å². The second-order valence-electron chi connectivity index (χ2n) is 9.55. The highest BCUT2D eigenvalue weighted by atomic mass is 35.5. The topological polar surface area (TPSA) is 141 Å². The van der Waals surface area contributed by atoms with Crippen molar-refractivity contribution < 1.29 is 24.2 Å². The van der Waals surface area contributed by atoms with E-state index in [9.17, 15) is 19.6 Å². The van der Waals surface area contributed by atoms with Gasteiger partial charge in [0.1, 0.15) is 6.42 Å². The molecule has 0 radical (unpaired) electrons. The first kappa shape index (κ1) is 29.1. The summed E-state index contributed by atoms with van der Waals surface area (Å²) >= 11 is 6.05.